The molecule has 7 heteroatoms. The van der Waals surface area contributed by atoms with Gasteiger partial charge in [0, 0.05) is 25.0 Å². The standard InChI is InChI=1S/C17H21N5OS/c1-17(2,16-20-12-6-4-5-7-13(12)22(16)3)21-14(23)10-11(18)15-19-8-9-24-15/h4-9,11H,10,18H2,1-3H3,(H,21,23). The van der Waals surface area contributed by atoms with Crippen molar-refractivity contribution >= 4 is 28.3 Å². The van der Waals surface area contributed by atoms with Crippen molar-refractivity contribution in [2.75, 3.05) is 0 Å². The second-order valence-electron chi connectivity index (χ2n) is 6.34. The van der Waals surface area contributed by atoms with E-state index in [1.54, 1.807) is 6.20 Å². The van der Waals surface area contributed by atoms with Crippen LogP contribution in [0, 0.1) is 0 Å². The third-order valence-electron chi connectivity index (χ3n) is 3.97. The molecule has 3 rings (SSSR count). The van der Waals surface area contributed by atoms with E-state index in [1.807, 2.05) is 55.1 Å². The van der Waals surface area contributed by atoms with Crippen LogP contribution in [0.2, 0.25) is 0 Å². The molecule has 0 saturated carbocycles. The molecule has 126 valence electrons. The van der Waals surface area contributed by atoms with Gasteiger partial charge in [-0.3, -0.25) is 4.79 Å². The number of amides is 1. The number of nitrogens with zero attached hydrogens (tertiary/aromatic N) is 3. The Balaban J connectivity index is 1.77. The number of rotatable bonds is 5. The van der Waals surface area contributed by atoms with Gasteiger partial charge in [0.25, 0.3) is 0 Å². The number of imidazole rings is 1. The van der Waals surface area contributed by atoms with Crippen molar-refractivity contribution in [1.29, 1.82) is 0 Å². The molecular weight excluding hydrogens is 322 g/mol. The molecule has 0 aliphatic carbocycles. The number of nitrogens with two attached hydrogens (primary N) is 1. The molecule has 0 fully saturated rings. The van der Waals surface area contributed by atoms with Gasteiger partial charge in [0.1, 0.15) is 10.8 Å². The van der Waals surface area contributed by atoms with Gasteiger partial charge < -0.3 is 15.6 Å². The zero-order valence-corrected chi connectivity index (χ0v) is 14.8. The summed E-state index contributed by atoms with van der Waals surface area (Å²) in [5.41, 5.74) is 7.40. The maximum atomic E-state index is 12.4. The quantitative estimate of drug-likeness (QED) is 0.745. The highest BCUT2D eigenvalue weighted by atomic mass is 32.1. The van der Waals surface area contributed by atoms with Gasteiger partial charge in [0.05, 0.1) is 22.6 Å². The van der Waals surface area contributed by atoms with E-state index < -0.39 is 5.54 Å². The Kier molecular flexibility index (Phi) is 4.38. The molecule has 24 heavy (non-hydrogen) atoms. The van der Waals surface area contributed by atoms with Crippen molar-refractivity contribution in [3.63, 3.8) is 0 Å². The maximum absolute atomic E-state index is 12.4. The number of carbonyl (C=O) groups is 1. The first-order valence-corrected chi connectivity index (χ1v) is 8.64. The molecule has 1 atom stereocenters. The first kappa shape index (κ1) is 16.6. The highest BCUT2D eigenvalue weighted by Crippen LogP contribution is 2.24. The smallest absolute Gasteiger partial charge is 0.222 e. The van der Waals surface area contributed by atoms with Crippen molar-refractivity contribution in [1.82, 2.24) is 19.9 Å². The fourth-order valence-electron chi connectivity index (χ4n) is 2.86. The van der Waals surface area contributed by atoms with Crippen molar-refractivity contribution in [2.24, 2.45) is 12.8 Å². The fourth-order valence-corrected chi connectivity index (χ4v) is 3.51. The molecule has 1 unspecified atom stereocenters. The van der Waals surface area contributed by atoms with Gasteiger partial charge in [0.15, 0.2) is 0 Å². The summed E-state index contributed by atoms with van der Waals surface area (Å²) >= 11 is 1.46. The Bertz CT molecular complexity index is 853. The second kappa shape index (κ2) is 6.33. The minimum atomic E-state index is -0.604. The average molecular weight is 343 g/mol. The van der Waals surface area contributed by atoms with Crippen LogP contribution in [-0.4, -0.2) is 20.4 Å². The Morgan fingerprint density at radius 1 is 1.42 bits per heavy atom. The summed E-state index contributed by atoms with van der Waals surface area (Å²) in [6.45, 7) is 3.89. The number of fused-ring (bicyclic) bond motifs is 1. The number of para-hydroxylation sites is 2. The molecule has 3 N–H and O–H groups in total. The van der Waals surface area contributed by atoms with Crippen LogP contribution in [0.1, 0.15) is 37.1 Å². The van der Waals surface area contributed by atoms with Gasteiger partial charge >= 0.3 is 0 Å². The predicted molar refractivity (Wildman–Crippen MR) is 95.5 cm³/mol. The van der Waals surface area contributed by atoms with Crippen molar-refractivity contribution in [3.8, 4) is 0 Å². The fraction of sp³-hybridized carbons (Fsp3) is 0.353. The molecule has 0 aliphatic rings. The third-order valence-corrected chi connectivity index (χ3v) is 4.88. The number of aryl methyl sites for hydroxylation is 1. The lowest BCUT2D eigenvalue weighted by molar-refractivity contribution is -0.123. The van der Waals surface area contributed by atoms with Gasteiger partial charge in [-0.05, 0) is 26.0 Å². The van der Waals surface area contributed by atoms with E-state index in [1.165, 1.54) is 11.3 Å². The van der Waals surface area contributed by atoms with Crippen LogP contribution < -0.4 is 11.1 Å². The van der Waals surface area contributed by atoms with E-state index in [9.17, 15) is 4.79 Å². The van der Waals surface area contributed by atoms with E-state index in [-0.39, 0.29) is 18.4 Å². The van der Waals surface area contributed by atoms with Crippen LogP contribution in [0.3, 0.4) is 0 Å². The Labute approximate surface area is 144 Å². The van der Waals surface area contributed by atoms with E-state index in [4.69, 9.17) is 5.73 Å². The zero-order chi connectivity index (χ0) is 17.3. The summed E-state index contributed by atoms with van der Waals surface area (Å²) in [4.78, 5) is 21.2. The van der Waals surface area contributed by atoms with Gasteiger partial charge in [0.2, 0.25) is 5.91 Å². The Morgan fingerprint density at radius 2 is 2.17 bits per heavy atom. The van der Waals surface area contributed by atoms with Crippen LogP contribution in [0.25, 0.3) is 11.0 Å². The molecule has 0 saturated heterocycles. The lowest BCUT2D eigenvalue weighted by atomic mass is 10.0. The van der Waals surface area contributed by atoms with E-state index >= 15 is 0 Å². The lowest BCUT2D eigenvalue weighted by Crippen LogP contribution is -2.43. The molecule has 0 radical (unpaired) electrons. The molecule has 2 aromatic heterocycles. The van der Waals surface area contributed by atoms with Crippen LogP contribution in [0.15, 0.2) is 35.8 Å². The zero-order valence-electron chi connectivity index (χ0n) is 14.0. The van der Waals surface area contributed by atoms with Gasteiger partial charge in [-0.15, -0.1) is 11.3 Å². The highest BCUT2D eigenvalue weighted by molar-refractivity contribution is 7.09. The summed E-state index contributed by atoms with van der Waals surface area (Å²) in [6, 6.07) is 7.53. The van der Waals surface area contributed by atoms with Crippen LogP contribution >= 0.6 is 11.3 Å². The van der Waals surface area contributed by atoms with Gasteiger partial charge in [-0.25, -0.2) is 9.97 Å². The number of aromatic nitrogens is 3. The van der Waals surface area contributed by atoms with E-state index in [0.717, 1.165) is 21.9 Å². The number of thiazole rings is 1. The van der Waals surface area contributed by atoms with Crippen LogP contribution in [0.4, 0.5) is 0 Å². The summed E-state index contributed by atoms with van der Waals surface area (Å²) < 4.78 is 2.01. The monoisotopic (exact) mass is 343 g/mol. The summed E-state index contributed by atoms with van der Waals surface area (Å²) in [7, 11) is 1.96. The number of carbonyl (C=O) groups excluding carboxylic acids is 1. The Morgan fingerprint density at radius 3 is 2.83 bits per heavy atom. The summed E-state index contributed by atoms with van der Waals surface area (Å²) in [6.07, 6.45) is 1.89. The molecule has 1 aromatic carbocycles. The lowest BCUT2D eigenvalue weighted by Gasteiger charge is -2.26. The van der Waals surface area contributed by atoms with Crippen molar-refractivity contribution < 1.29 is 4.79 Å². The molecule has 2 heterocycles. The second-order valence-corrected chi connectivity index (χ2v) is 7.26. The summed E-state index contributed by atoms with van der Waals surface area (Å²) in [5, 5.41) is 5.67. The minimum Gasteiger partial charge on any atom is -0.344 e. The van der Waals surface area contributed by atoms with Gasteiger partial charge in [-0.2, -0.15) is 0 Å². The molecule has 0 spiro atoms. The number of hydrogen-bond acceptors (Lipinski definition) is 5. The van der Waals surface area contributed by atoms with E-state index in [2.05, 4.69) is 15.3 Å². The predicted octanol–water partition coefficient (Wildman–Crippen LogP) is 2.47. The first-order chi connectivity index (χ1) is 11.4. The molecule has 6 nitrogen and oxygen atoms in total. The SMILES string of the molecule is Cn1c(C(C)(C)NC(=O)CC(N)c2nccs2)nc2ccccc21. The third kappa shape index (κ3) is 3.18. The molecule has 1 amide bonds. The maximum Gasteiger partial charge on any atom is 0.222 e. The normalized spacial score (nSPS) is 13.2. The molecule has 0 aliphatic heterocycles. The van der Waals surface area contributed by atoms with Crippen molar-refractivity contribution in [3.05, 3.63) is 46.7 Å². The number of benzene rings is 1. The van der Waals surface area contributed by atoms with E-state index in [0.29, 0.717) is 0 Å². The van der Waals surface area contributed by atoms with Crippen LogP contribution in [-0.2, 0) is 17.4 Å². The molecule has 0 bridgehead atoms. The Hall–Kier alpha value is -2.25. The largest absolute Gasteiger partial charge is 0.344 e. The number of nitrogens with one attached hydrogen (secondary N) is 1. The minimum absolute atomic E-state index is 0.116. The number of hydrogen-bond donors (Lipinski definition) is 2. The average Bonchev–Trinajstić information content (AvgIpc) is 3.15. The topological polar surface area (TPSA) is 85.8 Å². The van der Waals surface area contributed by atoms with Gasteiger partial charge in [-0.1, -0.05) is 12.1 Å². The van der Waals surface area contributed by atoms with Crippen LogP contribution in [0.5, 0.6) is 0 Å². The first-order valence-electron chi connectivity index (χ1n) is 7.76. The van der Waals surface area contributed by atoms with Crippen molar-refractivity contribution in [2.45, 2.75) is 31.8 Å². The summed E-state index contributed by atoms with van der Waals surface area (Å²) in [5.74, 6) is 0.689. The highest BCUT2D eigenvalue weighted by Gasteiger charge is 2.29. The molecule has 3 aromatic rings. The molecular formula is C17H21N5OS.